The Morgan fingerprint density at radius 2 is 1.96 bits per heavy atom. The van der Waals surface area contributed by atoms with E-state index in [0.717, 1.165) is 12.8 Å². The molecule has 0 saturated carbocycles. The number of carbonyl (C=O) groups is 1. The van der Waals surface area contributed by atoms with E-state index in [4.69, 9.17) is 21.1 Å². The Morgan fingerprint density at radius 3 is 2.65 bits per heavy atom. The zero-order chi connectivity index (χ0) is 18.7. The van der Waals surface area contributed by atoms with Crippen molar-refractivity contribution in [1.29, 1.82) is 0 Å². The summed E-state index contributed by atoms with van der Waals surface area (Å²) in [6.07, 6.45) is 1.53. The zero-order valence-corrected chi connectivity index (χ0v) is 15.3. The van der Waals surface area contributed by atoms with Crippen LogP contribution in [0.2, 0.25) is 5.02 Å². The molecule has 1 saturated heterocycles. The number of ether oxygens (including phenoxy) is 2. The summed E-state index contributed by atoms with van der Waals surface area (Å²) in [5, 5.41) is 3.17. The second-order valence-electron chi connectivity index (χ2n) is 5.99. The molecule has 0 radical (unpaired) electrons. The van der Waals surface area contributed by atoms with Crippen molar-refractivity contribution in [2.24, 2.45) is 0 Å². The van der Waals surface area contributed by atoms with Gasteiger partial charge in [0, 0.05) is 18.2 Å². The molecule has 5 nitrogen and oxygen atoms in total. The fraction of sp³-hybridized carbons (Fsp3) is 0.316. The third-order valence-electron chi connectivity index (χ3n) is 4.49. The van der Waals surface area contributed by atoms with Gasteiger partial charge in [-0.3, -0.25) is 0 Å². The zero-order valence-electron chi connectivity index (χ0n) is 14.6. The smallest absolute Gasteiger partial charge is 0.322 e. The fourth-order valence-electron chi connectivity index (χ4n) is 3.22. The van der Waals surface area contributed by atoms with Crippen LogP contribution in [0.1, 0.15) is 24.4 Å². The van der Waals surface area contributed by atoms with Gasteiger partial charge in [-0.1, -0.05) is 29.8 Å². The van der Waals surface area contributed by atoms with Crippen molar-refractivity contribution >= 4 is 23.3 Å². The van der Waals surface area contributed by atoms with Gasteiger partial charge in [-0.05, 0) is 25.0 Å². The van der Waals surface area contributed by atoms with Crippen molar-refractivity contribution < 1.29 is 18.7 Å². The average Bonchev–Trinajstić information content (AvgIpc) is 3.12. The number of carbonyl (C=O) groups excluding carboxylic acids is 1. The SMILES string of the molecule is COc1cc(OC)c(NC(=O)N2CCC[C@@H]2c2ccccc2F)cc1Cl. The van der Waals surface area contributed by atoms with Crippen molar-refractivity contribution in [1.82, 2.24) is 4.90 Å². The van der Waals surface area contributed by atoms with Crippen LogP contribution < -0.4 is 14.8 Å². The van der Waals surface area contributed by atoms with Crippen LogP contribution in [-0.4, -0.2) is 31.7 Å². The maximum atomic E-state index is 14.2. The van der Waals surface area contributed by atoms with Gasteiger partial charge in [-0.2, -0.15) is 0 Å². The molecule has 1 fully saturated rings. The van der Waals surface area contributed by atoms with Gasteiger partial charge in [0.1, 0.15) is 17.3 Å². The quantitative estimate of drug-likeness (QED) is 0.826. The summed E-state index contributed by atoms with van der Waals surface area (Å²) in [7, 11) is 3.00. The minimum Gasteiger partial charge on any atom is -0.495 e. The van der Waals surface area contributed by atoms with Crippen molar-refractivity contribution in [3.8, 4) is 11.5 Å². The van der Waals surface area contributed by atoms with Crippen LogP contribution in [0.3, 0.4) is 0 Å². The van der Waals surface area contributed by atoms with E-state index in [2.05, 4.69) is 5.32 Å². The van der Waals surface area contributed by atoms with Crippen molar-refractivity contribution in [3.63, 3.8) is 0 Å². The highest BCUT2D eigenvalue weighted by molar-refractivity contribution is 6.32. The number of anilines is 1. The highest BCUT2D eigenvalue weighted by Crippen LogP contribution is 2.38. The highest BCUT2D eigenvalue weighted by atomic mass is 35.5. The van der Waals surface area contributed by atoms with Crippen LogP contribution in [0.4, 0.5) is 14.9 Å². The molecule has 1 N–H and O–H groups in total. The third kappa shape index (κ3) is 3.55. The predicted octanol–water partition coefficient (Wildman–Crippen LogP) is 4.87. The van der Waals surface area contributed by atoms with Gasteiger partial charge in [0.05, 0.1) is 31.0 Å². The van der Waals surface area contributed by atoms with E-state index >= 15 is 0 Å². The van der Waals surface area contributed by atoms with Gasteiger partial charge < -0.3 is 19.7 Å². The molecule has 0 bridgehead atoms. The summed E-state index contributed by atoms with van der Waals surface area (Å²) in [5.74, 6) is 0.579. The Bertz CT molecular complexity index is 815. The number of benzene rings is 2. The van der Waals surface area contributed by atoms with E-state index in [1.807, 2.05) is 0 Å². The summed E-state index contributed by atoms with van der Waals surface area (Å²) in [6, 6.07) is 9.11. The summed E-state index contributed by atoms with van der Waals surface area (Å²) in [6.45, 7) is 0.553. The summed E-state index contributed by atoms with van der Waals surface area (Å²) >= 11 is 6.15. The van der Waals surface area contributed by atoms with Gasteiger partial charge in [0.15, 0.2) is 0 Å². The lowest BCUT2D eigenvalue weighted by Gasteiger charge is -2.26. The molecule has 7 heteroatoms. The van der Waals surface area contributed by atoms with E-state index in [1.54, 1.807) is 35.2 Å². The molecular formula is C19H20ClFN2O3. The Morgan fingerprint density at radius 1 is 1.23 bits per heavy atom. The fourth-order valence-corrected chi connectivity index (χ4v) is 3.46. The molecule has 2 amide bonds. The maximum absolute atomic E-state index is 14.2. The molecule has 26 heavy (non-hydrogen) atoms. The number of nitrogens with one attached hydrogen (secondary N) is 1. The van der Waals surface area contributed by atoms with Gasteiger partial charge in [-0.25, -0.2) is 9.18 Å². The monoisotopic (exact) mass is 378 g/mol. The second kappa shape index (κ2) is 7.83. The maximum Gasteiger partial charge on any atom is 0.322 e. The number of amides is 2. The van der Waals surface area contributed by atoms with Crippen molar-refractivity contribution in [2.45, 2.75) is 18.9 Å². The number of methoxy groups -OCH3 is 2. The molecule has 0 spiro atoms. The average molecular weight is 379 g/mol. The van der Waals surface area contributed by atoms with E-state index < -0.39 is 0 Å². The first kappa shape index (κ1) is 18.3. The number of nitrogens with zero attached hydrogens (tertiary/aromatic N) is 1. The number of halogens is 2. The normalized spacial score (nSPS) is 16.5. The van der Waals surface area contributed by atoms with Crippen LogP contribution in [0.15, 0.2) is 36.4 Å². The summed E-state index contributed by atoms with van der Waals surface area (Å²) in [4.78, 5) is 14.4. The van der Waals surface area contributed by atoms with Crippen LogP contribution >= 0.6 is 11.6 Å². The van der Waals surface area contributed by atoms with E-state index in [-0.39, 0.29) is 17.9 Å². The topological polar surface area (TPSA) is 50.8 Å². The molecule has 0 unspecified atom stereocenters. The van der Waals surface area contributed by atoms with E-state index in [9.17, 15) is 9.18 Å². The molecule has 2 aromatic rings. The molecule has 1 atom stereocenters. The summed E-state index contributed by atoms with van der Waals surface area (Å²) < 4.78 is 24.6. The molecule has 1 aliphatic heterocycles. The molecule has 138 valence electrons. The molecular weight excluding hydrogens is 359 g/mol. The van der Waals surface area contributed by atoms with Gasteiger partial charge in [0.25, 0.3) is 0 Å². The highest BCUT2D eigenvalue weighted by Gasteiger charge is 2.32. The van der Waals surface area contributed by atoms with Gasteiger partial charge in [-0.15, -0.1) is 0 Å². The molecule has 3 rings (SSSR count). The lowest BCUT2D eigenvalue weighted by molar-refractivity contribution is 0.206. The third-order valence-corrected chi connectivity index (χ3v) is 4.79. The lowest BCUT2D eigenvalue weighted by Crippen LogP contribution is -2.34. The molecule has 1 aliphatic rings. The van der Waals surface area contributed by atoms with Gasteiger partial charge >= 0.3 is 6.03 Å². The van der Waals surface area contributed by atoms with Crippen molar-refractivity contribution in [2.75, 3.05) is 26.1 Å². The second-order valence-corrected chi connectivity index (χ2v) is 6.40. The van der Waals surface area contributed by atoms with E-state index in [1.165, 1.54) is 20.3 Å². The summed E-state index contributed by atoms with van der Waals surface area (Å²) in [5.41, 5.74) is 0.961. The standard InChI is InChI=1S/C19H20ClFN2O3/c1-25-17-11-18(26-2)15(10-13(17)20)22-19(24)23-9-5-8-16(23)12-6-3-4-7-14(12)21/h3-4,6-7,10-11,16H,5,8-9H2,1-2H3,(H,22,24)/t16-/m1/s1. The van der Waals surface area contributed by atoms with Crippen LogP contribution in [0.5, 0.6) is 11.5 Å². The molecule has 1 heterocycles. The van der Waals surface area contributed by atoms with Gasteiger partial charge in [0.2, 0.25) is 0 Å². The minimum absolute atomic E-state index is 0.295. The number of urea groups is 1. The van der Waals surface area contributed by atoms with Crippen molar-refractivity contribution in [3.05, 3.63) is 52.8 Å². The Balaban J connectivity index is 1.84. The lowest BCUT2D eigenvalue weighted by atomic mass is 10.0. The minimum atomic E-state index is -0.324. The first-order chi connectivity index (χ1) is 12.5. The Labute approximate surface area is 156 Å². The predicted molar refractivity (Wildman–Crippen MR) is 98.7 cm³/mol. The molecule has 0 aliphatic carbocycles. The van der Waals surface area contributed by atoms with E-state index in [0.29, 0.717) is 34.3 Å². The first-order valence-electron chi connectivity index (χ1n) is 8.28. The van der Waals surface area contributed by atoms with Crippen LogP contribution in [0, 0.1) is 5.82 Å². The number of rotatable bonds is 4. The largest absolute Gasteiger partial charge is 0.495 e. The number of hydrogen-bond donors (Lipinski definition) is 1. The number of hydrogen-bond acceptors (Lipinski definition) is 3. The first-order valence-corrected chi connectivity index (χ1v) is 8.66. The number of likely N-dealkylation sites (tertiary alicyclic amines) is 1. The Hall–Kier alpha value is -2.47. The molecule has 2 aromatic carbocycles. The molecule has 0 aromatic heterocycles. The van der Waals surface area contributed by atoms with Crippen LogP contribution in [0.25, 0.3) is 0 Å². The Kier molecular flexibility index (Phi) is 5.52. The van der Waals surface area contributed by atoms with Crippen LogP contribution in [-0.2, 0) is 0 Å².